The third-order valence-electron chi connectivity index (χ3n) is 2.46. The zero-order valence-electron chi connectivity index (χ0n) is 9.54. The van der Waals surface area contributed by atoms with E-state index in [0.29, 0.717) is 0 Å². The molecule has 0 bridgehead atoms. The lowest BCUT2D eigenvalue weighted by Gasteiger charge is -2.19. The number of hydrogen-bond donors (Lipinski definition) is 2. The van der Waals surface area contributed by atoms with E-state index in [1.807, 2.05) is 0 Å². The summed E-state index contributed by atoms with van der Waals surface area (Å²) in [5.41, 5.74) is 4.62. The third-order valence-corrected chi connectivity index (χ3v) is 2.46. The number of ether oxygens (including phenoxy) is 1. The van der Waals surface area contributed by atoms with Crippen LogP contribution >= 0.6 is 0 Å². The second kappa shape index (κ2) is 5.53. The topological polar surface area (TPSA) is 55.5 Å². The maximum absolute atomic E-state index is 13.5. The minimum Gasteiger partial charge on any atom is -0.497 e. The lowest BCUT2D eigenvalue weighted by Crippen LogP contribution is -2.38. The van der Waals surface area contributed by atoms with Crippen molar-refractivity contribution in [2.45, 2.75) is 24.7 Å². The summed E-state index contributed by atoms with van der Waals surface area (Å²) in [6, 6.07) is 1.30. The molecule has 0 aliphatic rings. The van der Waals surface area contributed by atoms with Crippen molar-refractivity contribution in [3.63, 3.8) is 0 Å². The molecule has 0 amide bonds. The van der Waals surface area contributed by atoms with E-state index in [1.54, 1.807) is 0 Å². The number of halogens is 4. The van der Waals surface area contributed by atoms with Gasteiger partial charge in [-0.2, -0.15) is 13.2 Å². The Kier molecular flexibility index (Phi) is 4.53. The van der Waals surface area contributed by atoms with Gasteiger partial charge in [0.05, 0.1) is 13.2 Å². The van der Waals surface area contributed by atoms with Crippen LogP contribution in [-0.4, -0.2) is 24.4 Å². The predicted molar refractivity (Wildman–Crippen MR) is 56.6 cm³/mol. The number of aliphatic hydroxyl groups is 1. The van der Waals surface area contributed by atoms with Crippen molar-refractivity contribution in [1.82, 2.24) is 0 Å². The van der Waals surface area contributed by atoms with E-state index < -0.39 is 30.6 Å². The number of nitrogens with two attached hydrogens (primary N) is 1. The van der Waals surface area contributed by atoms with E-state index in [0.717, 1.165) is 6.07 Å². The van der Waals surface area contributed by atoms with Crippen molar-refractivity contribution in [1.29, 1.82) is 0 Å². The summed E-state index contributed by atoms with van der Waals surface area (Å²) in [6.45, 7) is 0. The molecule has 0 aliphatic carbocycles. The van der Waals surface area contributed by atoms with Crippen molar-refractivity contribution >= 4 is 0 Å². The van der Waals surface area contributed by atoms with Crippen molar-refractivity contribution < 1.29 is 27.4 Å². The Hall–Kier alpha value is -1.34. The molecule has 18 heavy (non-hydrogen) atoms. The van der Waals surface area contributed by atoms with Gasteiger partial charge in [0.25, 0.3) is 0 Å². The molecule has 3 N–H and O–H groups in total. The minimum absolute atomic E-state index is 0.212. The van der Waals surface area contributed by atoms with Crippen LogP contribution < -0.4 is 10.5 Å². The molecule has 1 aromatic carbocycles. The SMILES string of the molecule is COc1ccc([C@@H](O)C[C@@H](N)C(F)(F)F)c(F)c1. The largest absolute Gasteiger partial charge is 0.497 e. The molecule has 0 spiro atoms. The highest BCUT2D eigenvalue weighted by Crippen LogP contribution is 2.29. The maximum Gasteiger partial charge on any atom is 0.403 e. The van der Waals surface area contributed by atoms with Gasteiger partial charge in [-0.25, -0.2) is 4.39 Å². The van der Waals surface area contributed by atoms with E-state index in [2.05, 4.69) is 0 Å². The van der Waals surface area contributed by atoms with E-state index in [-0.39, 0.29) is 11.3 Å². The summed E-state index contributed by atoms with van der Waals surface area (Å²) >= 11 is 0. The lowest BCUT2D eigenvalue weighted by atomic mass is 10.0. The predicted octanol–water partition coefficient (Wildman–Crippen LogP) is 2.15. The highest BCUT2D eigenvalue weighted by Gasteiger charge is 2.38. The van der Waals surface area contributed by atoms with Crippen LogP contribution in [0, 0.1) is 5.82 Å². The first-order valence-corrected chi connectivity index (χ1v) is 5.09. The Bertz CT molecular complexity index is 409. The fraction of sp³-hybridized carbons (Fsp3) is 0.455. The van der Waals surface area contributed by atoms with Crippen molar-refractivity contribution in [3.05, 3.63) is 29.6 Å². The molecule has 0 fully saturated rings. The molecular weight excluding hydrogens is 254 g/mol. The van der Waals surface area contributed by atoms with Gasteiger partial charge in [0.2, 0.25) is 0 Å². The van der Waals surface area contributed by atoms with Gasteiger partial charge in [0, 0.05) is 18.1 Å². The molecule has 7 heteroatoms. The molecule has 0 radical (unpaired) electrons. The van der Waals surface area contributed by atoms with Gasteiger partial charge < -0.3 is 15.6 Å². The first-order valence-electron chi connectivity index (χ1n) is 5.09. The molecule has 0 unspecified atom stereocenters. The molecule has 0 saturated carbocycles. The lowest BCUT2D eigenvalue weighted by molar-refractivity contribution is -0.154. The quantitative estimate of drug-likeness (QED) is 0.822. The fourth-order valence-electron chi connectivity index (χ4n) is 1.41. The molecule has 0 saturated heterocycles. The first-order chi connectivity index (χ1) is 8.25. The van der Waals surface area contributed by atoms with Gasteiger partial charge in [-0.3, -0.25) is 0 Å². The van der Waals surface area contributed by atoms with Crippen LogP contribution in [0.5, 0.6) is 5.75 Å². The zero-order valence-corrected chi connectivity index (χ0v) is 9.54. The van der Waals surface area contributed by atoms with E-state index in [1.165, 1.54) is 19.2 Å². The van der Waals surface area contributed by atoms with Crippen molar-refractivity contribution in [2.24, 2.45) is 5.73 Å². The molecule has 1 rings (SSSR count). The molecular formula is C11H13F4NO2. The number of hydrogen-bond acceptors (Lipinski definition) is 3. The summed E-state index contributed by atoms with van der Waals surface area (Å²) in [6.07, 6.45) is -7.04. The molecule has 0 aromatic heterocycles. The average Bonchev–Trinajstić information content (AvgIpc) is 2.27. The first kappa shape index (κ1) is 14.7. The maximum atomic E-state index is 13.5. The molecule has 0 heterocycles. The smallest absolute Gasteiger partial charge is 0.403 e. The summed E-state index contributed by atoms with van der Waals surface area (Å²) in [5.74, 6) is -0.625. The molecule has 1 aromatic rings. The minimum atomic E-state index is -4.62. The standard InChI is InChI=1S/C11H13F4NO2/c1-18-6-2-3-7(8(12)4-6)9(17)5-10(16)11(13,14)15/h2-4,9-10,17H,5,16H2,1H3/t9-,10+/m0/s1. The van der Waals surface area contributed by atoms with Crippen LogP contribution in [0.25, 0.3) is 0 Å². The van der Waals surface area contributed by atoms with Crippen LogP contribution in [0.15, 0.2) is 18.2 Å². The fourth-order valence-corrected chi connectivity index (χ4v) is 1.41. The van der Waals surface area contributed by atoms with Crippen molar-refractivity contribution in [3.8, 4) is 5.75 Å². The molecule has 0 aliphatic heterocycles. The summed E-state index contributed by atoms with van der Waals surface area (Å²) in [7, 11) is 1.32. The van der Waals surface area contributed by atoms with E-state index in [9.17, 15) is 22.7 Å². The molecule has 102 valence electrons. The molecule has 3 nitrogen and oxygen atoms in total. The van der Waals surface area contributed by atoms with E-state index in [4.69, 9.17) is 10.5 Å². The van der Waals surface area contributed by atoms with Crippen LogP contribution in [0.2, 0.25) is 0 Å². The van der Waals surface area contributed by atoms with Gasteiger partial charge in [-0.15, -0.1) is 0 Å². The Morgan fingerprint density at radius 2 is 2.00 bits per heavy atom. The number of alkyl halides is 3. The third kappa shape index (κ3) is 3.58. The number of rotatable bonds is 4. The van der Waals surface area contributed by atoms with E-state index >= 15 is 0 Å². The average molecular weight is 267 g/mol. The summed E-state index contributed by atoms with van der Waals surface area (Å²) < 4.78 is 54.8. The second-order valence-corrected chi connectivity index (χ2v) is 3.79. The van der Waals surface area contributed by atoms with Gasteiger partial charge in [-0.1, -0.05) is 0 Å². The highest BCUT2D eigenvalue weighted by atomic mass is 19.4. The number of methoxy groups -OCH3 is 1. The highest BCUT2D eigenvalue weighted by molar-refractivity contribution is 5.30. The Morgan fingerprint density at radius 3 is 2.44 bits per heavy atom. The van der Waals surface area contributed by atoms with Gasteiger partial charge in [0.15, 0.2) is 0 Å². The summed E-state index contributed by atoms with van der Waals surface area (Å²) in [5, 5.41) is 9.54. The Balaban J connectivity index is 2.81. The van der Waals surface area contributed by atoms with Crippen LogP contribution in [0.1, 0.15) is 18.1 Å². The van der Waals surface area contributed by atoms with Crippen LogP contribution in [-0.2, 0) is 0 Å². The van der Waals surface area contributed by atoms with Gasteiger partial charge in [-0.05, 0) is 12.1 Å². The van der Waals surface area contributed by atoms with Crippen LogP contribution in [0.3, 0.4) is 0 Å². The van der Waals surface area contributed by atoms with Crippen molar-refractivity contribution in [2.75, 3.05) is 7.11 Å². The number of aliphatic hydroxyl groups excluding tert-OH is 1. The Morgan fingerprint density at radius 1 is 1.39 bits per heavy atom. The van der Waals surface area contributed by atoms with Gasteiger partial charge >= 0.3 is 6.18 Å². The number of benzene rings is 1. The van der Waals surface area contributed by atoms with Crippen LogP contribution in [0.4, 0.5) is 17.6 Å². The molecule has 2 atom stereocenters. The van der Waals surface area contributed by atoms with Gasteiger partial charge in [0.1, 0.15) is 17.6 Å². The summed E-state index contributed by atoms with van der Waals surface area (Å²) in [4.78, 5) is 0. The second-order valence-electron chi connectivity index (χ2n) is 3.79. The monoisotopic (exact) mass is 267 g/mol. The normalized spacial score (nSPS) is 15.3. The zero-order chi connectivity index (χ0) is 13.9. The Labute approximate surface area is 101 Å².